The Morgan fingerprint density at radius 2 is 2.11 bits per heavy atom. The molecule has 6 nitrogen and oxygen atoms in total. The van der Waals surface area contributed by atoms with Crippen LogP contribution >= 0.6 is 0 Å². The first-order valence-corrected chi connectivity index (χ1v) is 10.3. The maximum atomic E-state index is 12.3. The molecule has 2 aliphatic rings. The van der Waals surface area contributed by atoms with Gasteiger partial charge in [0.25, 0.3) is 5.91 Å². The predicted molar refractivity (Wildman–Crippen MR) is 113 cm³/mol. The van der Waals surface area contributed by atoms with Gasteiger partial charge in [-0.2, -0.15) is 0 Å². The molecule has 1 atom stereocenters. The Balaban J connectivity index is 1.67. The van der Waals surface area contributed by atoms with Crippen LogP contribution in [0.4, 0.5) is 5.69 Å². The molecule has 28 heavy (non-hydrogen) atoms. The molecule has 1 aromatic rings. The van der Waals surface area contributed by atoms with Crippen molar-refractivity contribution < 1.29 is 9.53 Å². The van der Waals surface area contributed by atoms with Crippen molar-refractivity contribution in [2.75, 3.05) is 25.0 Å². The largest absolute Gasteiger partial charge is 0.368 e. The lowest BCUT2D eigenvalue weighted by Gasteiger charge is -2.62. The molecular formula is C22H34N4O2. The molecule has 1 aromatic carbocycles. The Hall–Kier alpha value is -2.08. The monoisotopic (exact) mass is 386 g/mol. The average molecular weight is 387 g/mol. The molecule has 0 saturated carbocycles. The highest BCUT2D eigenvalue weighted by molar-refractivity contribution is 5.94. The van der Waals surface area contributed by atoms with E-state index in [1.807, 2.05) is 24.3 Å². The van der Waals surface area contributed by atoms with E-state index < -0.39 is 0 Å². The minimum atomic E-state index is -0.320. The van der Waals surface area contributed by atoms with Gasteiger partial charge in [0.05, 0.1) is 6.54 Å². The molecule has 3 rings (SSSR count). The maximum absolute atomic E-state index is 12.3. The minimum Gasteiger partial charge on any atom is -0.368 e. The minimum absolute atomic E-state index is 0.0592. The highest BCUT2D eigenvalue weighted by Crippen LogP contribution is 2.46. The van der Waals surface area contributed by atoms with Crippen molar-refractivity contribution in [3.05, 3.63) is 29.8 Å². The van der Waals surface area contributed by atoms with Crippen LogP contribution in [0.5, 0.6) is 0 Å². The Morgan fingerprint density at radius 1 is 1.32 bits per heavy atom. The molecule has 2 saturated heterocycles. The summed E-state index contributed by atoms with van der Waals surface area (Å²) in [5.74, 6) is 0.886. The molecule has 0 spiro atoms. The van der Waals surface area contributed by atoms with Crippen molar-refractivity contribution in [1.29, 1.82) is 0 Å². The van der Waals surface area contributed by atoms with E-state index in [9.17, 15) is 4.79 Å². The van der Waals surface area contributed by atoms with Gasteiger partial charge in [0, 0.05) is 36.3 Å². The number of hydrogen-bond acceptors (Lipinski definition) is 3. The molecule has 2 aliphatic heterocycles. The Labute approximate surface area is 168 Å². The summed E-state index contributed by atoms with van der Waals surface area (Å²) in [6.45, 7) is 14.3. The first-order chi connectivity index (χ1) is 13.2. The van der Waals surface area contributed by atoms with Gasteiger partial charge in [0.1, 0.15) is 6.10 Å². The van der Waals surface area contributed by atoms with E-state index >= 15 is 0 Å². The number of ether oxygens (including phenoxy) is 1. The van der Waals surface area contributed by atoms with Crippen LogP contribution in [0.3, 0.4) is 0 Å². The van der Waals surface area contributed by atoms with E-state index in [0.717, 1.165) is 43.1 Å². The summed E-state index contributed by atoms with van der Waals surface area (Å²) >= 11 is 0. The fourth-order valence-electron chi connectivity index (χ4n) is 3.72. The highest BCUT2D eigenvalue weighted by Gasteiger charge is 2.53. The van der Waals surface area contributed by atoms with Crippen LogP contribution in [0.2, 0.25) is 0 Å². The zero-order valence-corrected chi connectivity index (χ0v) is 17.8. The van der Waals surface area contributed by atoms with Gasteiger partial charge in [0.15, 0.2) is 5.96 Å². The third-order valence-electron chi connectivity index (χ3n) is 6.30. The number of benzene rings is 1. The van der Waals surface area contributed by atoms with E-state index in [1.165, 1.54) is 0 Å². The number of rotatable bonds is 5. The van der Waals surface area contributed by atoms with Crippen LogP contribution in [-0.2, 0) is 16.1 Å². The van der Waals surface area contributed by atoms with Crippen LogP contribution in [0.25, 0.3) is 0 Å². The van der Waals surface area contributed by atoms with E-state index in [0.29, 0.717) is 13.2 Å². The molecule has 154 valence electrons. The number of carbonyl (C=O) groups is 1. The molecule has 0 radical (unpaired) electrons. The van der Waals surface area contributed by atoms with Crippen LogP contribution in [0.1, 0.15) is 53.0 Å². The van der Waals surface area contributed by atoms with Gasteiger partial charge in [0.2, 0.25) is 0 Å². The van der Waals surface area contributed by atoms with E-state index in [2.05, 4.69) is 50.2 Å². The average Bonchev–Trinajstić information content (AvgIpc) is 3.19. The summed E-state index contributed by atoms with van der Waals surface area (Å²) in [6, 6.07) is 7.90. The first kappa shape index (κ1) is 20.6. The number of guanidine groups is 1. The predicted octanol–water partition coefficient (Wildman–Crippen LogP) is 3.39. The van der Waals surface area contributed by atoms with Crippen LogP contribution in [0.15, 0.2) is 29.3 Å². The van der Waals surface area contributed by atoms with Gasteiger partial charge in [-0.3, -0.25) is 4.79 Å². The maximum Gasteiger partial charge on any atom is 0.253 e. The van der Waals surface area contributed by atoms with Crippen molar-refractivity contribution in [2.24, 2.45) is 10.4 Å². The number of aliphatic imine (C=N–C) groups is 1. The molecule has 0 bridgehead atoms. The fourth-order valence-corrected chi connectivity index (χ4v) is 3.72. The third kappa shape index (κ3) is 4.17. The van der Waals surface area contributed by atoms with Crippen molar-refractivity contribution >= 4 is 17.6 Å². The molecule has 6 heteroatoms. The van der Waals surface area contributed by atoms with Crippen molar-refractivity contribution in [3.8, 4) is 0 Å². The second-order valence-corrected chi connectivity index (χ2v) is 8.89. The number of carbonyl (C=O) groups excluding carboxylic acids is 1. The summed E-state index contributed by atoms with van der Waals surface area (Å²) in [7, 11) is 0. The Bertz CT molecular complexity index is 736. The van der Waals surface area contributed by atoms with Gasteiger partial charge < -0.3 is 20.3 Å². The van der Waals surface area contributed by atoms with Crippen molar-refractivity contribution in [3.63, 3.8) is 0 Å². The topological polar surface area (TPSA) is 66.0 Å². The standard InChI is InChI=1S/C22H34N4O2/c1-6-23-20(26-15-21(2,3)22(26,4)5)24-14-16-9-7-10-17(13-16)25-19(27)18-11-8-12-28-18/h7,9-10,13,18H,6,8,11-12,14-15H2,1-5H3,(H,23,24)(H,25,27). The lowest BCUT2D eigenvalue weighted by molar-refractivity contribution is -0.124. The quantitative estimate of drug-likeness (QED) is 0.601. The third-order valence-corrected chi connectivity index (χ3v) is 6.30. The van der Waals surface area contributed by atoms with Gasteiger partial charge in [-0.15, -0.1) is 0 Å². The molecular weight excluding hydrogens is 352 g/mol. The van der Waals surface area contributed by atoms with E-state index in [1.54, 1.807) is 0 Å². The zero-order chi connectivity index (χ0) is 20.4. The highest BCUT2D eigenvalue weighted by atomic mass is 16.5. The molecule has 1 unspecified atom stereocenters. The fraction of sp³-hybridized carbons (Fsp3) is 0.636. The number of hydrogen-bond donors (Lipinski definition) is 2. The second-order valence-electron chi connectivity index (χ2n) is 8.89. The van der Waals surface area contributed by atoms with Gasteiger partial charge >= 0.3 is 0 Å². The Morgan fingerprint density at radius 3 is 2.71 bits per heavy atom. The molecule has 2 N–H and O–H groups in total. The van der Waals surface area contributed by atoms with Gasteiger partial charge in [-0.05, 0) is 51.3 Å². The van der Waals surface area contributed by atoms with Crippen molar-refractivity contribution in [1.82, 2.24) is 10.2 Å². The van der Waals surface area contributed by atoms with E-state index in [4.69, 9.17) is 9.73 Å². The number of nitrogens with zero attached hydrogens (tertiary/aromatic N) is 2. The number of nitrogens with one attached hydrogen (secondary N) is 2. The number of anilines is 1. The molecule has 1 amide bonds. The molecule has 0 aliphatic carbocycles. The van der Waals surface area contributed by atoms with Gasteiger partial charge in [-0.1, -0.05) is 26.0 Å². The first-order valence-electron chi connectivity index (χ1n) is 10.3. The Kier molecular flexibility index (Phi) is 5.98. The van der Waals surface area contributed by atoms with Crippen LogP contribution in [-0.4, -0.2) is 48.1 Å². The number of amides is 1. The smallest absolute Gasteiger partial charge is 0.253 e. The SMILES string of the molecule is CCNC(=NCc1cccc(NC(=O)C2CCCO2)c1)N1CC(C)(C)C1(C)C. The van der Waals surface area contributed by atoms with E-state index in [-0.39, 0.29) is 23.0 Å². The molecule has 2 heterocycles. The van der Waals surface area contributed by atoms with Crippen molar-refractivity contribution in [2.45, 2.75) is 65.6 Å². The zero-order valence-electron chi connectivity index (χ0n) is 17.8. The number of likely N-dealkylation sites (tertiary alicyclic amines) is 1. The lowest BCUT2D eigenvalue weighted by atomic mass is 9.65. The summed E-state index contributed by atoms with van der Waals surface area (Å²) in [5, 5.41) is 6.39. The summed E-state index contributed by atoms with van der Waals surface area (Å²) in [6.07, 6.45) is 1.42. The normalized spacial score (nSPS) is 23.2. The lowest BCUT2D eigenvalue weighted by Crippen LogP contribution is -2.72. The van der Waals surface area contributed by atoms with Crippen LogP contribution < -0.4 is 10.6 Å². The second kappa shape index (κ2) is 8.11. The van der Waals surface area contributed by atoms with Gasteiger partial charge in [-0.25, -0.2) is 4.99 Å². The summed E-state index contributed by atoms with van der Waals surface area (Å²) in [5.41, 5.74) is 2.18. The summed E-state index contributed by atoms with van der Waals surface area (Å²) < 4.78 is 5.46. The molecule has 0 aromatic heterocycles. The summed E-state index contributed by atoms with van der Waals surface area (Å²) in [4.78, 5) is 19.5. The van der Waals surface area contributed by atoms with Crippen LogP contribution in [0, 0.1) is 5.41 Å². The molecule has 2 fully saturated rings.